The number of rotatable bonds is 17. The molecule has 0 saturated carbocycles. The van der Waals surface area contributed by atoms with Crippen LogP contribution in [0.3, 0.4) is 0 Å². The lowest BCUT2D eigenvalue weighted by Gasteiger charge is -2.27. The molecule has 0 amide bonds. The van der Waals surface area contributed by atoms with Gasteiger partial charge in [0.25, 0.3) is 0 Å². The highest BCUT2D eigenvalue weighted by molar-refractivity contribution is 5.85. The van der Waals surface area contributed by atoms with E-state index in [9.17, 15) is 9.90 Å². The summed E-state index contributed by atoms with van der Waals surface area (Å²) < 4.78 is 0. The quantitative estimate of drug-likeness (QED) is 0.128. The second-order valence-corrected chi connectivity index (χ2v) is 8.58. The van der Waals surface area contributed by atoms with Gasteiger partial charge in [0.15, 0.2) is 0 Å². The number of halogens is 1. The first-order valence-electron chi connectivity index (χ1n) is 11.5. The molecule has 0 bridgehead atoms. The summed E-state index contributed by atoms with van der Waals surface area (Å²) in [5.74, 6) is -0.788. The van der Waals surface area contributed by atoms with Gasteiger partial charge in [-0.15, -0.1) is 12.4 Å². The number of aliphatic hydroxyl groups is 1. The Morgan fingerprint density at radius 1 is 0.862 bits per heavy atom. The van der Waals surface area contributed by atoms with Crippen LogP contribution in [-0.4, -0.2) is 21.9 Å². The monoisotopic (exact) mass is 435 g/mol. The van der Waals surface area contributed by atoms with Crippen LogP contribution in [0.1, 0.15) is 124 Å². The van der Waals surface area contributed by atoms with E-state index >= 15 is 0 Å². The van der Waals surface area contributed by atoms with Crippen LogP contribution >= 0.6 is 12.4 Å². The number of carbonyl (C=O) groups is 1. The summed E-state index contributed by atoms with van der Waals surface area (Å²) in [5, 5.41) is 17.9. The zero-order chi connectivity index (χ0) is 21.8. The molecule has 0 aliphatic rings. The molecule has 5 heteroatoms. The van der Waals surface area contributed by atoms with Crippen molar-refractivity contribution in [3.05, 3.63) is 12.2 Å². The van der Waals surface area contributed by atoms with Gasteiger partial charge in [0.05, 0.1) is 0 Å². The number of hydrogen-bond donors (Lipinski definition) is 3. The summed E-state index contributed by atoms with van der Waals surface area (Å²) in [6.45, 7) is 10.9. The van der Waals surface area contributed by atoms with Crippen LogP contribution in [0.5, 0.6) is 0 Å². The van der Waals surface area contributed by atoms with Gasteiger partial charge in [0, 0.05) is 5.57 Å². The summed E-state index contributed by atoms with van der Waals surface area (Å²) >= 11 is 0. The zero-order valence-corrected chi connectivity index (χ0v) is 20.5. The Morgan fingerprint density at radius 2 is 1.14 bits per heavy atom. The molecule has 29 heavy (non-hydrogen) atoms. The van der Waals surface area contributed by atoms with Crippen molar-refractivity contribution in [2.45, 2.75) is 130 Å². The van der Waals surface area contributed by atoms with Gasteiger partial charge >= 0.3 is 5.97 Å². The molecule has 1 unspecified atom stereocenters. The number of unbranched alkanes of at least 4 members (excludes halogenated alkanes) is 13. The van der Waals surface area contributed by atoms with Crippen LogP contribution in [0.4, 0.5) is 0 Å². The molecule has 0 aliphatic heterocycles. The molecular weight excluding hydrogens is 386 g/mol. The molecule has 0 aromatic carbocycles. The summed E-state index contributed by atoms with van der Waals surface area (Å²) in [6.07, 6.45) is 19.8. The highest BCUT2D eigenvalue weighted by atomic mass is 35.5. The van der Waals surface area contributed by atoms with Crippen LogP contribution < -0.4 is 5.73 Å². The topological polar surface area (TPSA) is 83.5 Å². The van der Waals surface area contributed by atoms with E-state index < -0.39 is 11.7 Å². The van der Waals surface area contributed by atoms with E-state index in [4.69, 9.17) is 10.8 Å². The van der Waals surface area contributed by atoms with Crippen LogP contribution in [0.2, 0.25) is 0 Å². The average Bonchev–Trinajstić information content (AvgIpc) is 2.62. The third-order valence-electron chi connectivity index (χ3n) is 5.30. The van der Waals surface area contributed by atoms with Gasteiger partial charge in [0.2, 0.25) is 0 Å². The molecule has 4 N–H and O–H groups in total. The Hall–Kier alpha value is -0.580. The molecule has 0 aliphatic carbocycles. The SMILES string of the molecule is C=C(C)C(=O)O.CCCCCCCCCCCCCCCCC(N)(O)C(C)C.Cl. The first kappa shape index (κ1) is 33.1. The van der Waals surface area contributed by atoms with E-state index in [0.29, 0.717) is 0 Å². The van der Waals surface area contributed by atoms with Crippen LogP contribution in [0.15, 0.2) is 12.2 Å². The standard InChI is InChI=1S/C20H43NO.C4H6O2.ClH/c1-4-5-6-7-8-9-10-11-12-13-14-15-16-17-18-20(21,22)19(2)3;1-3(2)4(5)6;/h19,22H,4-18,21H2,1-3H3;1H2,2H3,(H,5,6);1H. The minimum atomic E-state index is -0.961. The average molecular weight is 436 g/mol. The highest BCUT2D eigenvalue weighted by Crippen LogP contribution is 2.19. The molecule has 0 fully saturated rings. The molecule has 0 saturated heterocycles. The lowest BCUT2D eigenvalue weighted by molar-refractivity contribution is -0.132. The van der Waals surface area contributed by atoms with E-state index in [1.807, 2.05) is 13.8 Å². The lowest BCUT2D eigenvalue weighted by atomic mass is 9.94. The molecule has 0 heterocycles. The van der Waals surface area contributed by atoms with E-state index in [-0.39, 0.29) is 23.9 Å². The fraction of sp³-hybridized carbons (Fsp3) is 0.875. The number of nitrogens with two attached hydrogens (primary N) is 1. The van der Waals surface area contributed by atoms with Crippen molar-refractivity contribution in [2.24, 2.45) is 11.7 Å². The fourth-order valence-electron chi connectivity index (χ4n) is 2.89. The first-order valence-corrected chi connectivity index (χ1v) is 11.5. The van der Waals surface area contributed by atoms with Crippen molar-refractivity contribution in [3.63, 3.8) is 0 Å². The maximum Gasteiger partial charge on any atom is 0.330 e. The van der Waals surface area contributed by atoms with Gasteiger partial charge in [-0.1, -0.05) is 111 Å². The Kier molecular flexibility index (Phi) is 25.2. The van der Waals surface area contributed by atoms with Crippen molar-refractivity contribution in [3.8, 4) is 0 Å². The maximum atomic E-state index is 9.96. The normalized spacial score (nSPS) is 12.5. The summed E-state index contributed by atoms with van der Waals surface area (Å²) in [4.78, 5) is 9.60. The Bertz CT molecular complexity index is 372. The van der Waals surface area contributed by atoms with Gasteiger partial charge in [0.1, 0.15) is 5.72 Å². The predicted molar refractivity (Wildman–Crippen MR) is 129 cm³/mol. The summed E-state index contributed by atoms with van der Waals surface area (Å²) in [5.41, 5.74) is 5.08. The third kappa shape index (κ3) is 25.4. The largest absolute Gasteiger partial charge is 0.478 e. The highest BCUT2D eigenvalue weighted by Gasteiger charge is 2.24. The van der Waals surface area contributed by atoms with E-state index in [1.165, 1.54) is 90.4 Å². The molecule has 0 spiro atoms. The van der Waals surface area contributed by atoms with Crippen molar-refractivity contribution >= 4 is 18.4 Å². The minimum Gasteiger partial charge on any atom is -0.478 e. The molecule has 176 valence electrons. The van der Waals surface area contributed by atoms with Crippen molar-refractivity contribution in [1.82, 2.24) is 0 Å². The number of hydrogen-bond acceptors (Lipinski definition) is 3. The maximum absolute atomic E-state index is 9.96. The van der Waals surface area contributed by atoms with Crippen LogP contribution in [-0.2, 0) is 4.79 Å². The van der Waals surface area contributed by atoms with Crippen molar-refractivity contribution in [1.29, 1.82) is 0 Å². The zero-order valence-electron chi connectivity index (χ0n) is 19.7. The molecule has 0 rings (SSSR count). The Morgan fingerprint density at radius 3 is 1.38 bits per heavy atom. The van der Waals surface area contributed by atoms with Crippen LogP contribution in [0, 0.1) is 5.92 Å². The van der Waals surface area contributed by atoms with Gasteiger partial charge in [-0.3, -0.25) is 0 Å². The molecule has 0 radical (unpaired) electrons. The molecule has 4 nitrogen and oxygen atoms in total. The molecular formula is C24H50ClNO3. The van der Waals surface area contributed by atoms with Crippen LogP contribution in [0.25, 0.3) is 0 Å². The molecule has 0 aromatic rings. The van der Waals surface area contributed by atoms with Crippen molar-refractivity contribution in [2.75, 3.05) is 0 Å². The lowest BCUT2D eigenvalue weighted by Crippen LogP contribution is -2.44. The van der Waals surface area contributed by atoms with E-state index in [0.717, 1.165) is 12.8 Å². The Balaban J connectivity index is -0.000000837. The molecule has 0 aromatic heterocycles. The van der Waals surface area contributed by atoms with Gasteiger partial charge in [-0.25, -0.2) is 4.79 Å². The number of aliphatic carboxylic acids is 1. The minimum absolute atomic E-state index is 0. The summed E-state index contributed by atoms with van der Waals surface area (Å²) in [7, 11) is 0. The predicted octanol–water partition coefficient (Wildman–Crippen LogP) is 7.23. The first-order chi connectivity index (χ1) is 13.1. The summed E-state index contributed by atoms with van der Waals surface area (Å²) in [6, 6.07) is 0. The number of carboxylic acids is 1. The smallest absolute Gasteiger partial charge is 0.330 e. The van der Waals surface area contributed by atoms with Crippen molar-refractivity contribution < 1.29 is 15.0 Å². The van der Waals surface area contributed by atoms with Gasteiger partial charge in [-0.05, 0) is 25.7 Å². The second-order valence-electron chi connectivity index (χ2n) is 8.58. The van der Waals surface area contributed by atoms with Gasteiger partial charge < -0.3 is 15.9 Å². The Labute approximate surface area is 187 Å². The van der Waals surface area contributed by atoms with Gasteiger partial charge in [-0.2, -0.15) is 0 Å². The fourth-order valence-corrected chi connectivity index (χ4v) is 2.89. The number of carboxylic acid groups (broad SMARTS) is 1. The second kappa shape index (κ2) is 22.1. The third-order valence-corrected chi connectivity index (χ3v) is 5.30. The molecule has 1 atom stereocenters. The van der Waals surface area contributed by atoms with E-state index in [2.05, 4.69) is 13.5 Å². The van der Waals surface area contributed by atoms with E-state index in [1.54, 1.807) is 0 Å².